The topological polar surface area (TPSA) is 55.0 Å². The van der Waals surface area contributed by atoms with Crippen LogP contribution in [-0.2, 0) is 0 Å². The average molecular weight is 256 g/mol. The molecule has 1 unspecified atom stereocenters. The molecule has 4 nitrogen and oxygen atoms in total. The van der Waals surface area contributed by atoms with Crippen molar-refractivity contribution in [2.45, 2.75) is 26.3 Å². The molecule has 0 spiro atoms. The number of fused-ring (bicyclic) bond motifs is 1. The molecule has 0 saturated carbocycles. The lowest BCUT2D eigenvalue weighted by Gasteiger charge is -2.43. The second-order valence-corrected chi connectivity index (χ2v) is 6.02. The van der Waals surface area contributed by atoms with E-state index in [9.17, 15) is 0 Å². The SMILES string of the molecule is CC1(C)CN(c2cnc3ccccc3n2)CCC1N. The van der Waals surface area contributed by atoms with E-state index in [2.05, 4.69) is 23.7 Å². The van der Waals surface area contributed by atoms with E-state index in [0.29, 0.717) is 0 Å². The van der Waals surface area contributed by atoms with Crippen molar-refractivity contribution in [1.29, 1.82) is 0 Å². The van der Waals surface area contributed by atoms with Gasteiger partial charge in [0.05, 0.1) is 17.2 Å². The molecule has 0 aliphatic carbocycles. The van der Waals surface area contributed by atoms with E-state index in [1.165, 1.54) is 0 Å². The van der Waals surface area contributed by atoms with Gasteiger partial charge in [-0.25, -0.2) is 4.98 Å². The van der Waals surface area contributed by atoms with Gasteiger partial charge in [-0.1, -0.05) is 26.0 Å². The largest absolute Gasteiger partial charge is 0.355 e. The fourth-order valence-electron chi connectivity index (χ4n) is 2.67. The summed E-state index contributed by atoms with van der Waals surface area (Å²) in [5.41, 5.74) is 8.19. The molecule has 1 aliphatic rings. The van der Waals surface area contributed by atoms with Crippen molar-refractivity contribution in [3.8, 4) is 0 Å². The van der Waals surface area contributed by atoms with Gasteiger partial charge in [0.25, 0.3) is 0 Å². The van der Waals surface area contributed by atoms with Gasteiger partial charge in [-0.2, -0.15) is 0 Å². The van der Waals surface area contributed by atoms with Crippen molar-refractivity contribution in [2.24, 2.45) is 11.1 Å². The summed E-state index contributed by atoms with van der Waals surface area (Å²) in [7, 11) is 0. The summed E-state index contributed by atoms with van der Waals surface area (Å²) in [6, 6.07) is 8.24. The van der Waals surface area contributed by atoms with Crippen molar-refractivity contribution in [1.82, 2.24) is 9.97 Å². The third-order valence-electron chi connectivity index (χ3n) is 4.07. The van der Waals surface area contributed by atoms with Crippen molar-refractivity contribution in [3.05, 3.63) is 30.5 Å². The molecular weight excluding hydrogens is 236 g/mol. The van der Waals surface area contributed by atoms with Crippen molar-refractivity contribution >= 4 is 16.9 Å². The van der Waals surface area contributed by atoms with Gasteiger partial charge in [0, 0.05) is 19.1 Å². The summed E-state index contributed by atoms with van der Waals surface area (Å²) in [6.07, 6.45) is 2.87. The van der Waals surface area contributed by atoms with E-state index in [1.54, 1.807) is 0 Å². The van der Waals surface area contributed by atoms with Crippen LogP contribution in [0.4, 0.5) is 5.82 Å². The standard InChI is InChI=1S/C15H20N4/c1-15(2)10-19(8-7-13(15)16)14-9-17-11-5-3-4-6-12(11)18-14/h3-6,9,13H,7-8,10,16H2,1-2H3. The molecule has 1 aromatic carbocycles. The van der Waals surface area contributed by atoms with Crippen LogP contribution in [0.15, 0.2) is 30.5 Å². The molecule has 1 fully saturated rings. The third kappa shape index (κ3) is 2.28. The molecule has 0 bridgehead atoms. The Labute approximate surface area is 113 Å². The molecule has 4 heteroatoms. The monoisotopic (exact) mass is 256 g/mol. The highest BCUT2D eigenvalue weighted by atomic mass is 15.2. The fraction of sp³-hybridized carbons (Fsp3) is 0.467. The Kier molecular flexibility index (Phi) is 2.90. The number of hydrogen-bond donors (Lipinski definition) is 1. The first-order valence-electron chi connectivity index (χ1n) is 6.78. The molecule has 0 amide bonds. The third-order valence-corrected chi connectivity index (χ3v) is 4.07. The Morgan fingerprint density at radius 3 is 2.74 bits per heavy atom. The maximum atomic E-state index is 6.18. The van der Waals surface area contributed by atoms with Crippen LogP contribution < -0.4 is 10.6 Å². The number of nitrogens with zero attached hydrogens (tertiary/aromatic N) is 3. The summed E-state index contributed by atoms with van der Waals surface area (Å²) >= 11 is 0. The average Bonchev–Trinajstić information content (AvgIpc) is 2.41. The second kappa shape index (κ2) is 4.46. The molecule has 3 rings (SSSR count). The first-order valence-corrected chi connectivity index (χ1v) is 6.78. The van der Waals surface area contributed by atoms with Crippen LogP contribution in [0.2, 0.25) is 0 Å². The molecule has 100 valence electrons. The van der Waals surface area contributed by atoms with Crippen molar-refractivity contribution < 1.29 is 0 Å². The zero-order valence-corrected chi connectivity index (χ0v) is 11.5. The minimum absolute atomic E-state index is 0.117. The molecule has 19 heavy (non-hydrogen) atoms. The quantitative estimate of drug-likeness (QED) is 0.849. The van der Waals surface area contributed by atoms with Gasteiger partial charge < -0.3 is 10.6 Å². The van der Waals surface area contributed by atoms with Crippen LogP contribution in [0.25, 0.3) is 11.0 Å². The number of aromatic nitrogens is 2. The van der Waals surface area contributed by atoms with Gasteiger partial charge >= 0.3 is 0 Å². The molecule has 1 atom stereocenters. The van der Waals surface area contributed by atoms with Crippen LogP contribution >= 0.6 is 0 Å². The highest BCUT2D eigenvalue weighted by Gasteiger charge is 2.33. The first-order chi connectivity index (χ1) is 9.06. The number of anilines is 1. The van der Waals surface area contributed by atoms with E-state index in [4.69, 9.17) is 10.7 Å². The Hall–Kier alpha value is -1.68. The zero-order valence-electron chi connectivity index (χ0n) is 11.5. The lowest BCUT2D eigenvalue weighted by Crippen LogP contribution is -2.52. The van der Waals surface area contributed by atoms with Crippen LogP contribution in [0, 0.1) is 5.41 Å². The molecule has 0 radical (unpaired) electrons. The van der Waals surface area contributed by atoms with E-state index in [-0.39, 0.29) is 11.5 Å². The van der Waals surface area contributed by atoms with Crippen molar-refractivity contribution in [3.63, 3.8) is 0 Å². The van der Waals surface area contributed by atoms with Gasteiger partial charge in [-0.3, -0.25) is 4.98 Å². The zero-order chi connectivity index (χ0) is 13.5. The smallest absolute Gasteiger partial charge is 0.147 e. The van der Waals surface area contributed by atoms with E-state index in [0.717, 1.165) is 36.4 Å². The number of hydrogen-bond acceptors (Lipinski definition) is 4. The Bertz CT molecular complexity index is 593. The Morgan fingerprint density at radius 2 is 2.00 bits per heavy atom. The number of piperidine rings is 1. The molecule has 1 saturated heterocycles. The molecular formula is C15H20N4. The Balaban J connectivity index is 1.92. The number of benzene rings is 1. The van der Waals surface area contributed by atoms with Crippen molar-refractivity contribution in [2.75, 3.05) is 18.0 Å². The van der Waals surface area contributed by atoms with Gasteiger partial charge in [0.2, 0.25) is 0 Å². The van der Waals surface area contributed by atoms with Crippen LogP contribution in [0.5, 0.6) is 0 Å². The molecule has 2 aromatic rings. The summed E-state index contributed by atoms with van der Waals surface area (Å²) in [5, 5.41) is 0. The molecule has 2 N–H and O–H groups in total. The normalized spacial score (nSPS) is 22.7. The number of rotatable bonds is 1. The Morgan fingerprint density at radius 1 is 1.26 bits per heavy atom. The number of nitrogens with two attached hydrogens (primary N) is 1. The fourth-order valence-corrected chi connectivity index (χ4v) is 2.67. The molecule has 1 aliphatic heterocycles. The summed E-state index contributed by atoms with van der Waals surface area (Å²) < 4.78 is 0. The summed E-state index contributed by atoms with van der Waals surface area (Å²) in [5.74, 6) is 0.957. The second-order valence-electron chi connectivity index (χ2n) is 6.02. The molecule has 1 aromatic heterocycles. The van der Waals surface area contributed by atoms with E-state index < -0.39 is 0 Å². The predicted molar refractivity (Wildman–Crippen MR) is 78.1 cm³/mol. The maximum Gasteiger partial charge on any atom is 0.147 e. The van der Waals surface area contributed by atoms with Crippen LogP contribution in [0.3, 0.4) is 0 Å². The summed E-state index contributed by atoms with van der Waals surface area (Å²) in [4.78, 5) is 11.5. The number of para-hydroxylation sites is 2. The minimum Gasteiger partial charge on any atom is -0.355 e. The van der Waals surface area contributed by atoms with Crippen LogP contribution in [-0.4, -0.2) is 29.1 Å². The maximum absolute atomic E-state index is 6.18. The summed E-state index contributed by atoms with van der Waals surface area (Å²) in [6.45, 7) is 6.33. The highest BCUT2D eigenvalue weighted by molar-refractivity contribution is 5.75. The minimum atomic E-state index is 0.117. The molecule has 2 heterocycles. The van der Waals surface area contributed by atoms with Crippen LogP contribution in [0.1, 0.15) is 20.3 Å². The van der Waals surface area contributed by atoms with E-state index >= 15 is 0 Å². The predicted octanol–water partition coefficient (Wildman–Crippen LogP) is 2.19. The van der Waals surface area contributed by atoms with Gasteiger partial charge in [0.1, 0.15) is 5.82 Å². The van der Waals surface area contributed by atoms with Gasteiger partial charge in [-0.05, 0) is 24.0 Å². The van der Waals surface area contributed by atoms with Gasteiger partial charge in [0.15, 0.2) is 0 Å². The van der Waals surface area contributed by atoms with Gasteiger partial charge in [-0.15, -0.1) is 0 Å². The lowest BCUT2D eigenvalue weighted by molar-refractivity contribution is 0.244. The first kappa shape index (κ1) is 12.4. The van der Waals surface area contributed by atoms with E-state index in [1.807, 2.05) is 30.5 Å². The highest BCUT2D eigenvalue weighted by Crippen LogP contribution is 2.30. The lowest BCUT2D eigenvalue weighted by atomic mass is 9.80.